The quantitative estimate of drug-likeness (QED) is 0.00371. The molecule has 11 rings (SSSR count). The van der Waals surface area contributed by atoms with E-state index in [-0.39, 0.29) is 155 Å². The van der Waals surface area contributed by atoms with Crippen molar-refractivity contribution in [3.05, 3.63) is 213 Å². The zero-order valence-electron chi connectivity index (χ0n) is 83.4. The first kappa shape index (κ1) is 148. The van der Waals surface area contributed by atoms with E-state index in [2.05, 4.69) is 176 Å². The van der Waals surface area contributed by atoms with Crippen LogP contribution in [0.5, 0.6) is 0 Å². The SMILES string of the molecule is CC1(C)OB(B2OC(C)(C)C(C)(C)O2)OC1(C)C.CN(C)CCN.CN(C)CCNc1cc(F)cc(-c2nccc(N)c2N)c1.CN(C)CCNc1cc(F)cc(-c2nccc(N)c2[N+](=O)[O-])c1.CN(C)CCNc1cc(F)cc(B2OC(C)(C)C(C)(C)O2)c1.CN(C)CCNc1cc(F)cc(Br)c1.CO.I[C-](I)I.Nc1ccnc(Br)c1[N+](=O)[O-].O=Cc1cc(F)cc(Br)c1.[CH2-]I.[CH2-]I.[CH3-].[V].[V].[V].[V]. The third kappa shape index (κ3) is 55.6. The molecule has 0 aliphatic carbocycles. The van der Waals surface area contributed by atoms with Crippen molar-refractivity contribution in [2.24, 2.45) is 5.73 Å². The minimum atomic E-state index is -0.609. The van der Waals surface area contributed by atoms with Gasteiger partial charge in [-0.3, -0.25) is 108 Å². The van der Waals surface area contributed by atoms with Gasteiger partial charge in [0, 0.05) is 214 Å². The van der Waals surface area contributed by atoms with Crippen LogP contribution >= 0.6 is 161 Å². The van der Waals surface area contributed by atoms with Crippen LogP contribution in [-0.2, 0) is 102 Å². The van der Waals surface area contributed by atoms with Crippen molar-refractivity contribution < 1.29 is 144 Å². The first-order valence-electron chi connectivity index (χ1n) is 41.3. The second kappa shape index (κ2) is 74.2. The number of aliphatic hydroxyl groups is 1. The Bertz CT molecular complexity index is 4780. The number of anilines is 8. The molecule has 15 N–H and O–H groups in total. The summed E-state index contributed by atoms with van der Waals surface area (Å²) in [7, 11) is 19.4. The predicted molar refractivity (Wildman–Crippen MR) is 604 cm³/mol. The van der Waals surface area contributed by atoms with Crippen molar-refractivity contribution in [1.29, 1.82) is 0 Å². The number of carbonyl (C=O) groups is 1. The molecule has 0 spiro atoms. The van der Waals surface area contributed by atoms with Crippen LogP contribution in [0.15, 0.2) is 141 Å². The number of nitrogens with zero attached hydrogens (tertiary/aromatic N) is 10. The molecule has 140 heavy (non-hydrogen) atoms. The van der Waals surface area contributed by atoms with E-state index in [1.807, 2.05) is 227 Å². The normalized spacial score (nSPS) is 13.9. The van der Waals surface area contributed by atoms with Crippen LogP contribution < -0.4 is 55.4 Å². The van der Waals surface area contributed by atoms with Crippen molar-refractivity contribution in [2.45, 2.75) is 117 Å². The number of pyridine rings is 3. The molecule has 31 nitrogen and oxygen atoms in total. The van der Waals surface area contributed by atoms with Gasteiger partial charge >= 0.3 is 32.5 Å². The van der Waals surface area contributed by atoms with Crippen molar-refractivity contribution in [3.8, 4) is 22.5 Å². The van der Waals surface area contributed by atoms with Crippen LogP contribution in [0.1, 0.15) is 93.4 Å². The Labute approximate surface area is 968 Å². The van der Waals surface area contributed by atoms with E-state index in [0.29, 0.717) is 67.9 Å². The third-order valence-electron chi connectivity index (χ3n) is 19.8. The molecule has 780 valence electrons. The average molecular weight is 2870 g/mol. The van der Waals surface area contributed by atoms with E-state index >= 15 is 0 Å². The molecular weight excluding hydrogens is 2730 g/mol. The zero-order valence-corrected chi connectivity index (χ0v) is 105. The number of nitro groups is 2. The van der Waals surface area contributed by atoms with Crippen molar-refractivity contribution in [2.75, 3.05) is 187 Å². The maximum Gasteiger partial charge on any atom is 0.495 e. The van der Waals surface area contributed by atoms with Gasteiger partial charge in [0.15, 0.2) is 10.3 Å². The van der Waals surface area contributed by atoms with E-state index in [1.54, 1.807) is 24.4 Å². The molecule has 3 fully saturated rings. The van der Waals surface area contributed by atoms with Gasteiger partial charge in [-0.2, -0.15) is 0 Å². The predicted octanol–water partition coefficient (Wildman–Crippen LogP) is 19.7. The number of rotatable bonds is 25. The molecule has 0 saturated carbocycles. The number of benzene rings is 5. The summed E-state index contributed by atoms with van der Waals surface area (Å²) in [5.41, 5.74) is 31.2. The zero-order chi connectivity index (χ0) is 104. The Kier molecular flexibility index (Phi) is 78.3. The van der Waals surface area contributed by atoms with Crippen molar-refractivity contribution in [1.82, 2.24) is 39.5 Å². The van der Waals surface area contributed by atoms with E-state index in [4.69, 9.17) is 61.7 Å². The van der Waals surface area contributed by atoms with Gasteiger partial charge < -0.3 is 160 Å². The molecule has 0 unspecified atom stereocenters. The van der Waals surface area contributed by atoms with Crippen molar-refractivity contribution >= 4 is 251 Å². The monoisotopic (exact) mass is 2860 g/mol. The van der Waals surface area contributed by atoms with Crippen molar-refractivity contribution in [3.63, 3.8) is 0 Å². The van der Waals surface area contributed by atoms with Crippen LogP contribution in [-0.4, -0.2) is 258 Å². The van der Waals surface area contributed by atoms with E-state index in [0.717, 1.165) is 81.9 Å². The van der Waals surface area contributed by atoms with Gasteiger partial charge in [0.05, 0.1) is 60.5 Å². The Balaban J connectivity index is -0.000000367. The fraction of sp³-hybridized carbons (Fsp3) is 0.438. The molecule has 0 bridgehead atoms. The number of nitrogens with two attached hydrogens (primary N) is 5. The molecule has 6 heterocycles. The molecule has 4 radical (unpaired) electrons. The average Bonchev–Trinajstić information content (AvgIpc) is 1.60. The summed E-state index contributed by atoms with van der Waals surface area (Å²) < 4.78 is 106. The molecule has 3 aliphatic heterocycles. The number of hydrogen-bond donors (Lipinski definition) is 10. The van der Waals surface area contributed by atoms with Crippen LogP contribution in [0.25, 0.3) is 22.5 Å². The third-order valence-corrected chi connectivity index (χ3v) is 21.3. The van der Waals surface area contributed by atoms with Gasteiger partial charge in [-0.1, -0.05) is 31.9 Å². The number of nitrogens with one attached hydrogen (secondary N) is 4. The first-order valence-corrected chi connectivity index (χ1v) is 49.9. The number of nitrogen functional groups attached to an aromatic ring is 4. The van der Waals surface area contributed by atoms with Gasteiger partial charge in [-0.25, -0.2) is 31.9 Å². The van der Waals surface area contributed by atoms with Gasteiger partial charge in [0.1, 0.15) is 46.7 Å². The summed E-state index contributed by atoms with van der Waals surface area (Å²) in [5.74, 6) is -1.78. The molecular formula is C89H133B3Br3F5I5N19O12V4-4. The smallest absolute Gasteiger partial charge is 0.405 e. The first-order chi connectivity index (χ1) is 62.8. The number of aromatic nitrogens is 3. The maximum absolute atomic E-state index is 13.9. The Hall–Kier alpha value is -2.83. The summed E-state index contributed by atoms with van der Waals surface area (Å²) in [5, 5.41) is 41.1. The number of carbonyl (C=O) groups excluding carboxylic acids is 1. The fourth-order valence-electron chi connectivity index (χ4n) is 11.0. The largest absolute Gasteiger partial charge is 0.495 e. The number of aliphatic hydroxyl groups excluding tert-OH is 1. The minimum Gasteiger partial charge on any atom is -0.405 e. The number of hydrogen-bond acceptors (Lipinski definition) is 29. The van der Waals surface area contributed by atoms with Gasteiger partial charge in [-0.05, 0) is 284 Å². The van der Waals surface area contributed by atoms with E-state index < -0.39 is 53.8 Å². The Morgan fingerprint density at radius 3 is 1.04 bits per heavy atom. The number of aldehydes is 1. The van der Waals surface area contributed by atoms with E-state index in [9.17, 15) is 47.0 Å². The molecule has 3 saturated heterocycles. The summed E-state index contributed by atoms with van der Waals surface area (Å²) in [6, 6.07) is 26.8. The summed E-state index contributed by atoms with van der Waals surface area (Å²) >= 11 is 19.7. The number of halogens is 13. The molecule has 5 aromatic carbocycles. The van der Waals surface area contributed by atoms with Gasteiger partial charge in [0.25, 0.3) is 0 Å². The van der Waals surface area contributed by atoms with Gasteiger partial charge in [0.2, 0.25) is 0 Å². The summed E-state index contributed by atoms with van der Waals surface area (Å²) in [4.78, 5) is 59.0. The Morgan fingerprint density at radius 1 is 0.443 bits per heavy atom. The molecule has 51 heteroatoms. The molecule has 0 amide bonds. The molecule has 3 aromatic heterocycles. The molecule has 0 atom stereocenters. The summed E-state index contributed by atoms with van der Waals surface area (Å²) in [6.45, 7) is 32.2. The second-order valence-corrected chi connectivity index (χ2v) is 45.6. The standard InChI is InChI=1S/C16H26BFN2O2.C15H18FN5O2.C15H20FN5.C12H24B2O4.C10H14BrFN2.C7H4BrFO.C5H4BrN3O2.C4H12N2.CI3.2CH2I.CH4O.CH3.4V/c1-15(2)16(3,4)22-17(21-15)12-9-13(18)11-14(10-12)19-7-8-20(5)6;1-20(2)6-5-18-12-8-10(7-11(16)9-12)14-15(21(22)23)13(17)3-4-19-14;1-21(2)6-5-19-12-8-10(7-11(16)9-12)15-14(18)13(17)3-4-20-15;1-9(2)10(3,4)16-13(15-9)14-17-11(5,6)12(7,8)18-14;1-14(2)4-3-13-10-6-8(11)5-9(12)7-10;8-6-1-5(4-10)2-7(9)3-6;6-5-4(9(10)11)3(7)1-2-8-5;1-6(2)4-3-5;2-1(3)4;3*1-2;;;;;/h9-11,19H,7-8H2,1-6H3;3-4,7-9,18H,5-6H2,1-2H3,(H2,17,19);3-4,7-9,19H,5-6,18H2,1-2H3,(H2,17,20);1-8H3;5-7,13H,3-4H2,1-2H3;1-4H;1-2H,(H2,7,8);3-5H2,1-2H3;;2*1H2;2H,1H3;1H3;;;;/q;;;;;;;;3*-1;;-1;;;;. The minimum absolute atomic E-state index is 0. The second-order valence-electron chi connectivity index (χ2n) is 33.6. The Morgan fingerprint density at radius 2 is 0.729 bits per heavy atom. The van der Waals surface area contributed by atoms with Crippen LogP contribution in [0, 0.1) is 66.5 Å². The fourth-order valence-corrected chi connectivity index (χ4v) is 12.4. The number of likely N-dealkylation sites (N-methyl/N-ethyl adjacent to an activating group) is 5. The van der Waals surface area contributed by atoms with E-state index in [1.165, 1.54) is 85.1 Å². The summed E-state index contributed by atoms with van der Waals surface area (Å²) in [6.07, 6.45) is 4.92. The maximum atomic E-state index is 13.9. The van der Waals surface area contributed by atoms with Crippen LogP contribution in [0.2, 0.25) is 0 Å². The molecule has 3 aliphatic rings. The van der Waals surface area contributed by atoms with Gasteiger partial charge in [-0.15, -0.1) is -0.0619 Å². The van der Waals surface area contributed by atoms with Crippen LogP contribution in [0.3, 0.4) is 0 Å². The topological polar surface area (TPSA) is 412 Å². The van der Waals surface area contributed by atoms with Crippen LogP contribution in [0.4, 0.5) is 78.8 Å². The molecule has 8 aromatic rings.